The monoisotopic (exact) mass is 127 g/mol. The van der Waals surface area contributed by atoms with Gasteiger partial charge in [0.05, 0.1) is 6.10 Å². The molecule has 53 valence electrons. The average Bonchev–Trinajstić information content (AvgIpc) is 1.89. The highest BCUT2D eigenvalue weighted by atomic mass is 16.5. The molecule has 2 atom stereocenters. The van der Waals surface area contributed by atoms with Gasteiger partial charge in [0.1, 0.15) is 0 Å². The molecule has 0 aromatic heterocycles. The molecule has 9 heavy (non-hydrogen) atoms. The van der Waals surface area contributed by atoms with Crippen LogP contribution >= 0.6 is 0 Å². The highest BCUT2D eigenvalue weighted by Gasteiger charge is 2.19. The first-order valence-electron chi connectivity index (χ1n) is 3.75. The standard InChI is InChI=1S/C8H15O/c1-3-8-7(2)5-4-6-9-8/h7-8H,1,3-6H2,2H3. The molecule has 1 heterocycles. The Balaban J connectivity index is 2.30. The SMILES string of the molecule is [CH2]CC1OCCCC1C. The molecule has 0 saturated carbocycles. The van der Waals surface area contributed by atoms with Gasteiger partial charge in [-0.05, 0) is 25.2 Å². The van der Waals surface area contributed by atoms with Crippen molar-refractivity contribution in [3.05, 3.63) is 6.92 Å². The van der Waals surface area contributed by atoms with Crippen LogP contribution < -0.4 is 0 Å². The average molecular weight is 127 g/mol. The maximum atomic E-state index is 5.48. The molecule has 0 bridgehead atoms. The Bertz CT molecular complexity index is 80.6. The second-order valence-corrected chi connectivity index (χ2v) is 2.82. The van der Waals surface area contributed by atoms with E-state index in [9.17, 15) is 0 Å². The third-order valence-electron chi connectivity index (χ3n) is 2.05. The Morgan fingerprint density at radius 3 is 2.89 bits per heavy atom. The first kappa shape index (κ1) is 7.07. The summed E-state index contributed by atoms with van der Waals surface area (Å²) >= 11 is 0. The highest BCUT2D eigenvalue weighted by molar-refractivity contribution is 4.71. The lowest BCUT2D eigenvalue weighted by Gasteiger charge is -2.27. The number of rotatable bonds is 1. The largest absolute Gasteiger partial charge is 0.378 e. The van der Waals surface area contributed by atoms with Crippen molar-refractivity contribution in [2.75, 3.05) is 6.61 Å². The maximum Gasteiger partial charge on any atom is 0.0600 e. The van der Waals surface area contributed by atoms with Crippen molar-refractivity contribution in [1.29, 1.82) is 0 Å². The topological polar surface area (TPSA) is 9.23 Å². The van der Waals surface area contributed by atoms with E-state index in [1.165, 1.54) is 12.8 Å². The first-order chi connectivity index (χ1) is 4.34. The zero-order chi connectivity index (χ0) is 6.69. The predicted octanol–water partition coefficient (Wildman–Crippen LogP) is 2.03. The second kappa shape index (κ2) is 3.21. The van der Waals surface area contributed by atoms with Crippen molar-refractivity contribution >= 4 is 0 Å². The molecule has 1 heteroatoms. The lowest BCUT2D eigenvalue weighted by atomic mass is 9.95. The summed E-state index contributed by atoms with van der Waals surface area (Å²) in [6.07, 6.45) is 3.93. The Labute approximate surface area is 57.4 Å². The smallest absolute Gasteiger partial charge is 0.0600 e. The summed E-state index contributed by atoms with van der Waals surface area (Å²) in [6.45, 7) is 7.03. The molecule has 1 aliphatic rings. The molecular weight excluding hydrogens is 112 g/mol. The van der Waals surface area contributed by atoms with Crippen molar-refractivity contribution in [2.45, 2.75) is 32.3 Å². The minimum atomic E-state index is 0.443. The molecule has 0 spiro atoms. The van der Waals surface area contributed by atoms with Crippen LogP contribution in [0.15, 0.2) is 0 Å². The van der Waals surface area contributed by atoms with Crippen LogP contribution in [0.1, 0.15) is 26.2 Å². The lowest BCUT2D eigenvalue weighted by molar-refractivity contribution is -0.0181. The molecule has 0 amide bonds. The van der Waals surface area contributed by atoms with Gasteiger partial charge in [-0.25, -0.2) is 0 Å². The first-order valence-corrected chi connectivity index (χ1v) is 3.75. The summed E-state index contributed by atoms with van der Waals surface area (Å²) in [5.74, 6) is 0.733. The summed E-state index contributed by atoms with van der Waals surface area (Å²) in [5.41, 5.74) is 0. The number of hydrogen-bond acceptors (Lipinski definition) is 1. The Hall–Kier alpha value is -0.0400. The van der Waals surface area contributed by atoms with E-state index in [1.807, 2.05) is 0 Å². The van der Waals surface area contributed by atoms with Gasteiger partial charge in [0.25, 0.3) is 0 Å². The molecular formula is C8H15O. The molecule has 0 aromatic carbocycles. The zero-order valence-electron chi connectivity index (χ0n) is 6.10. The van der Waals surface area contributed by atoms with Crippen molar-refractivity contribution in [1.82, 2.24) is 0 Å². The molecule has 1 radical (unpaired) electrons. The van der Waals surface area contributed by atoms with Crippen LogP contribution in [0.25, 0.3) is 0 Å². The summed E-state index contributed by atoms with van der Waals surface area (Å²) in [5, 5.41) is 0. The molecule has 0 aromatic rings. The van der Waals surface area contributed by atoms with Gasteiger partial charge in [-0.2, -0.15) is 0 Å². The number of hydrogen-bond donors (Lipinski definition) is 0. The van der Waals surface area contributed by atoms with Gasteiger partial charge in [0.15, 0.2) is 0 Å². The molecule has 1 saturated heterocycles. The van der Waals surface area contributed by atoms with Crippen LogP contribution in [-0.2, 0) is 4.74 Å². The van der Waals surface area contributed by atoms with Crippen LogP contribution in [0.4, 0.5) is 0 Å². The molecule has 1 fully saturated rings. The van der Waals surface area contributed by atoms with Gasteiger partial charge < -0.3 is 4.74 Å². The van der Waals surface area contributed by atoms with Gasteiger partial charge in [0.2, 0.25) is 0 Å². The highest BCUT2D eigenvalue weighted by Crippen LogP contribution is 2.21. The third-order valence-corrected chi connectivity index (χ3v) is 2.05. The quantitative estimate of drug-likeness (QED) is 0.523. The lowest BCUT2D eigenvalue weighted by Crippen LogP contribution is -2.26. The van der Waals surface area contributed by atoms with E-state index >= 15 is 0 Å². The van der Waals surface area contributed by atoms with Crippen molar-refractivity contribution in [3.63, 3.8) is 0 Å². The van der Waals surface area contributed by atoms with Gasteiger partial charge in [0, 0.05) is 6.61 Å². The fraction of sp³-hybridized carbons (Fsp3) is 0.875. The Morgan fingerprint density at radius 1 is 1.67 bits per heavy atom. The molecule has 1 rings (SSSR count). The van der Waals surface area contributed by atoms with Crippen molar-refractivity contribution in [3.8, 4) is 0 Å². The van der Waals surface area contributed by atoms with E-state index in [4.69, 9.17) is 4.74 Å². The number of ether oxygens (including phenoxy) is 1. The van der Waals surface area contributed by atoms with Crippen molar-refractivity contribution in [2.24, 2.45) is 5.92 Å². The van der Waals surface area contributed by atoms with Crippen molar-refractivity contribution < 1.29 is 4.74 Å². The molecule has 0 aliphatic carbocycles. The van der Waals surface area contributed by atoms with Gasteiger partial charge in [-0.15, -0.1) is 0 Å². The minimum absolute atomic E-state index is 0.443. The Morgan fingerprint density at radius 2 is 2.44 bits per heavy atom. The van der Waals surface area contributed by atoms with Gasteiger partial charge in [-0.1, -0.05) is 13.8 Å². The van der Waals surface area contributed by atoms with Crippen LogP contribution in [0.5, 0.6) is 0 Å². The van der Waals surface area contributed by atoms with Crippen LogP contribution in [0, 0.1) is 12.8 Å². The van der Waals surface area contributed by atoms with E-state index in [0.717, 1.165) is 18.9 Å². The summed E-state index contributed by atoms with van der Waals surface area (Å²) < 4.78 is 5.48. The molecule has 1 aliphatic heterocycles. The molecule has 1 nitrogen and oxygen atoms in total. The van der Waals surface area contributed by atoms with E-state index in [-0.39, 0.29) is 0 Å². The fourth-order valence-electron chi connectivity index (χ4n) is 1.36. The van der Waals surface area contributed by atoms with E-state index in [1.54, 1.807) is 0 Å². The normalized spacial score (nSPS) is 36.7. The minimum Gasteiger partial charge on any atom is -0.378 e. The van der Waals surface area contributed by atoms with E-state index < -0.39 is 0 Å². The molecule has 0 N–H and O–H groups in total. The van der Waals surface area contributed by atoms with Crippen LogP contribution in [-0.4, -0.2) is 12.7 Å². The molecule has 2 unspecified atom stereocenters. The predicted molar refractivity (Wildman–Crippen MR) is 38.1 cm³/mol. The maximum absolute atomic E-state index is 5.48. The summed E-state index contributed by atoms with van der Waals surface area (Å²) in [4.78, 5) is 0. The van der Waals surface area contributed by atoms with Gasteiger partial charge in [-0.3, -0.25) is 0 Å². The summed E-state index contributed by atoms with van der Waals surface area (Å²) in [6, 6.07) is 0. The zero-order valence-corrected chi connectivity index (χ0v) is 6.10. The van der Waals surface area contributed by atoms with E-state index in [2.05, 4.69) is 13.8 Å². The van der Waals surface area contributed by atoms with Crippen LogP contribution in [0.3, 0.4) is 0 Å². The van der Waals surface area contributed by atoms with Crippen LogP contribution in [0.2, 0.25) is 0 Å². The van der Waals surface area contributed by atoms with Gasteiger partial charge >= 0.3 is 0 Å². The second-order valence-electron chi connectivity index (χ2n) is 2.82. The fourth-order valence-corrected chi connectivity index (χ4v) is 1.36. The summed E-state index contributed by atoms with van der Waals surface area (Å²) in [7, 11) is 0. The third kappa shape index (κ3) is 1.68. The van der Waals surface area contributed by atoms with E-state index in [0.29, 0.717) is 6.10 Å². The Kier molecular flexibility index (Phi) is 2.52.